The van der Waals surface area contributed by atoms with Crippen LogP contribution in [0, 0.1) is 0 Å². The summed E-state index contributed by atoms with van der Waals surface area (Å²) in [7, 11) is 0. The highest BCUT2D eigenvalue weighted by atomic mass is 16.7. The zero-order valence-corrected chi connectivity index (χ0v) is 17.1. The summed E-state index contributed by atoms with van der Waals surface area (Å²) in [5.74, 6) is -2.12. The van der Waals surface area contributed by atoms with Crippen LogP contribution in [0.1, 0.15) is 48.0 Å². The number of rotatable bonds is 7. The van der Waals surface area contributed by atoms with Gasteiger partial charge in [-0.2, -0.15) is 0 Å². The van der Waals surface area contributed by atoms with Gasteiger partial charge in [0, 0.05) is 34.1 Å². The average molecular weight is 403 g/mol. The first kappa shape index (κ1) is 23.8. The fourth-order valence-electron chi connectivity index (χ4n) is 2.87. The first-order chi connectivity index (χ1) is 13.0. The third-order valence-corrected chi connectivity index (χ3v) is 3.72. The first-order valence-electron chi connectivity index (χ1n) is 9.05. The second-order valence-electron chi connectivity index (χ2n) is 6.80. The summed E-state index contributed by atoms with van der Waals surface area (Å²) in [6, 6.07) is -0.690. The van der Waals surface area contributed by atoms with Gasteiger partial charge in [-0.05, 0) is 13.8 Å². The Morgan fingerprint density at radius 3 is 2.07 bits per heavy atom. The van der Waals surface area contributed by atoms with Crippen LogP contribution in [0.3, 0.4) is 0 Å². The van der Waals surface area contributed by atoms with E-state index in [0.29, 0.717) is 0 Å². The molecule has 28 heavy (non-hydrogen) atoms. The molecule has 1 aliphatic heterocycles. The Hall–Kier alpha value is -2.20. The molecule has 1 aliphatic rings. The molecule has 10 heteroatoms. The zero-order valence-electron chi connectivity index (χ0n) is 17.1. The van der Waals surface area contributed by atoms with Crippen LogP contribution in [-0.2, 0) is 42.9 Å². The fraction of sp³-hybridized carbons (Fsp3) is 0.778. The van der Waals surface area contributed by atoms with Crippen LogP contribution in [0.4, 0.5) is 0 Å². The van der Waals surface area contributed by atoms with Crippen molar-refractivity contribution in [3.63, 3.8) is 0 Å². The number of amides is 1. The maximum atomic E-state index is 11.7. The normalized spacial score (nSPS) is 27.5. The number of nitrogens with one attached hydrogen (secondary N) is 1. The van der Waals surface area contributed by atoms with Crippen molar-refractivity contribution in [2.24, 2.45) is 0 Å². The van der Waals surface area contributed by atoms with Gasteiger partial charge >= 0.3 is 17.9 Å². The molecule has 1 fully saturated rings. The van der Waals surface area contributed by atoms with E-state index in [1.165, 1.54) is 27.7 Å². The van der Waals surface area contributed by atoms with Gasteiger partial charge in [0.25, 0.3) is 0 Å². The molecule has 3 unspecified atom stereocenters. The third kappa shape index (κ3) is 8.22. The van der Waals surface area contributed by atoms with Gasteiger partial charge in [0.15, 0.2) is 12.4 Å². The van der Waals surface area contributed by atoms with Crippen molar-refractivity contribution in [1.29, 1.82) is 0 Å². The Morgan fingerprint density at radius 1 is 1.00 bits per heavy atom. The molecule has 5 atom stereocenters. The molecule has 0 bridgehead atoms. The SMILES string of the molecule is CC(=O)NC1CC(OC(C)=O)[C@@H](OC(C)=O)C(COC(C)=O)O[C@H]1OC(C)C. The van der Waals surface area contributed by atoms with Crippen LogP contribution < -0.4 is 5.32 Å². The number of carbonyl (C=O) groups excluding carboxylic acids is 4. The van der Waals surface area contributed by atoms with E-state index in [2.05, 4.69) is 5.32 Å². The van der Waals surface area contributed by atoms with Crippen molar-refractivity contribution in [2.75, 3.05) is 6.61 Å². The molecule has 1 amide bonds. The fourth-order valence-corrected chi connectivity index (χ4v) is 2.87. The summed E-state index contributed by atoms with van der Waals surface area (Å²) in [4.78, 5) is 46.2. The van der Waals surface area contributed by atoms with E-state index < -0.39 is 48.6 Å². The number of esters is 3. The zero-order chi connectivity index (χ0) is 21.4. The lowest BCUT2D eigenvalue weighted by molar-refractivity contribution is -0.225. The minimum Gasteiger partial charge on any atom is -0.463 e. The highest BCUT2D eigenvalue weighted by Crippen LogP contribution is 2.27. The Bertz CT molecular complexity index is 577. The van der Waals surface area contributed by atoms with E-state index in [-0.39, 0.29) is 25.0 Å². The van der Waals surface area contributed by atoms with E-state index >= 15 is 0 Å². The van der Waals surface area contributed by atoms with E-state index in [1.807, 2.05) is 0 Å². The first-order valence-corrected chi connectivity index (χ1v) is 9.05. The molecule has 0 aromatic heterocycles. The van der Waals surface area contributed by atoms with E-state index in [1.54, 1.807) is 13.8 Å². The molecule has 0 spiro atoms. The molecule has 0 aromatic rings. The highest BCUT2D eigenvalue weighted by Gasteiger charge is 2.45. The molecular formula is C18H29NO9. The number of carbonyl (C=O) groups is 4. The maximum absolute atomic E-state index is 11.7. The Balaban J connectivity index is 3.28. The van der Waals surface area contributed by atoms with Gasteiger partial charge in [0.05, 0.1) is 12.1 Å². The van der Waals surface area contributed by atoms with Gasteiger partial charge < -0.3 is 29.0 Å². The summed E-state index contributed by atoms with van der Waals surface area (Å²) in [5.41, 5.74) is 0. The Labute approximate surface area is 164 Å². The second-order valence-corrected chi connectivity index (χ2v) is 6.80. The van der Waals surface area contributed by atoms with E-state index in [9.17, 15) is 19.2 Å². The summed E-state index contributed by atoms with van der Waals surface area (Å²) in [6.45, 7) is 8.29. The van der Waals surface area contributed by atoms with Crippen LogP contribution in [0.15, 0.2) is 0 Å². The quantitative estimate of drug-likeness (QED) is 0.476. The monoisotopic (exact) mass is 403 g/mol. The predicted octanol–water partition coefficient (Wildman–Crippen LogP) is 0.458. The summed E-state index contributed by atoms with van der Waals surface area (Å²) < 4.78 is 27.4. The molecule has 0 aliphatic carbocycles. The van der Waals surface area contributed by atoms with Crippen molar-refractivity contribution in [2.45, 2.75) is 84.7 Å². The van der Waals surface area contributed by atoms with Gasteiger partial charge in [-0.15, -0.1) is 0 Å². The number of hydrogen-bond acceptors (Lipinski definition) is 9. The lowest BCUT2D eigenvalue weighted by atomic mass is 10.0. The standard InChI is InChI=1S/C18H29NO9/c1-9(2)25-18-14(19-10(3)20)7-15(26-12(5)22)17(27-13(6)23)16(28-18)8-24-11(4)21/h9,14-18H,7-8H2,1-6H3,(H,19,20)/t14?,15?,16?,17-,18-/m1/s1. The summed E-state index contributed by atoms with van der Waals surface area (Å²) in [6.07, 6.45) is -4.10. The molecule has 1 saturated heterocycles. The van der Waals surface area contributed by atoms with Crippen molar-refractivity contribution in [1.82, 2.24) is 5.32 Å². The minimum atomic E-state index is -1.06. The average Bonchev–Trinajstić information content (AvgIpc) is 2.63. The van der Waals surface area contributed by atoms with Gasteiger partial charge in [-0.25, -0.2) is 0 Å². The van der Waals surface area contributed by atoms with Crippen LogP contribution in [-0.4, -0.2) is 67.2 Å². The molecule has 1 N–H and O–H groups in total. The van der Waals surface area contributed by atoms with Crippen LogP contribution in [0.2, 0.25) is 0 Å². The Kier molecular flexibility index (Phi) is 9.33. The molecule has 0 aromatic carbocycles. The van der Waals surface area contributed by atoms with Gasteiger partial charge in [-0.3, -0.25) is 19.2 Å². The largest absolute Gasteiger partial charge is 0.463 e. The second kappa shape index (κ2) is 11.0. The van der Waals surface area contributed by atoms with Crippen molar-refractivity contribution < 1.29 is 42.9 Å². The van der Waals surface area contributed by atoms with Crippen molar-refractivity contribution >= 4 is 23.8 Å². The topological polar surface area (TPSA) is 126 Å². The smallest absolute Gasteiger partial charge is 0.303 e. The van der Waals surface area contributed by atoms with Crippen LogP contribution in [0.25, 0.3) is 0 Å². The summed E-state index contributed by atoms with van der Waals surface area (Å²) >= 11 is 0. The number of hydrogen-bond donors (Lipinski definition) is 1. The molecule has 1 heterocycles. The number of ether oxygens (including phenoxy) is 5. The van der Waals surface area contributed by atoms with Crippen LogP contribution >= 0.6 is 0 Å². The molecule has 0 radical (unpaired) electrons. The molecule has 160 valence electrons. The highest BCUT2D eigenvalue weighted by molar-refractivity contribution is 5.73. The minimum absolute atomic E-state index is 0.0745. The van der Waals surface area contributed by atoms with Crippen molar-refractivity contribution in [3.8, 4) is 0 Å². The van der Waals surface area contributed by atoms with Crippen molar-refractivity contribution in [3.05, 3.63) is 0 Å². The summed E-state index contributed by atoms with van der Waals surface area (Å²) in [5, 5.41) is 2.71. The molecule has 1 rings (SSSR count). The van der Waals surface area contributed by atoms with Crippen LogP contribution in [0.5, 0.6) is 0 Å². The maximum Gasteiger partial charge on any atom is 0.303 e. The van der Waals surface area contributed by atoms with Gasteiger partial charge in [0.1, 0.15) is 18.8 Å². The third-order valence-electron chi connectivity index (χ3n) is 3.72. The lowest BCUT2D eigenvalue weighted by Gasteiger charge is -2.30. The van der Waals surface area contributed by atoms with Gasteiger partial charge in [-0.1, -0.05) is 0 Å². The lowest BCUT2D eigenvalue weighted by Crippen LogP contribution is -2.47. The van der Waals surface area contributed by atoms with E-state index in [4.69, 9.17) is 23.7 Å². The molecular weight excluding hydrogens is 374 g/mol. The molecule has 10 nitrogen and oxygen atoms in total. The predicted molar refractivity (Wildman–Crippen MR) is 94.8 cm³/mol. The van der Waals surface area contributed by atoms with E-state index in [0.717, 1.165) is 0 Å². The Morgan fingerprint density at radius 2 is 1.61 bits per heavy atom. The van der Waals surface area contributed by atoms with Gasteiger partial charge in [0.2, 0.25) is 5.91 Å². The molecule has 0 saturated carbocycles.